The number of nitrogen functional groups attached to an aromatic ring is 2. The Bertz CT molecular complexity index is 1960. The van der Waals surface area contributed by atoms with Crippen LogP contribution in [0.4, 0.5) is 16.2 Å². The molecule has 2 bridgehead atoms. The minimum atomic E-state index is -5.13. The summed E-state index contributed by atoms with van der Waals surface area (Å²) in [5, 5.41) is 11.0. The van der Waals surface area contributed by atoms with E-state index in [9.17, 15) is 28.8 Å². The number of halogens is 1. The summed E-state index contributed by atoms with van der Waals surface area (Å²) in [6.07, 6.45) is -10.8. The lowest BCUT2D eigenvalue weighted by molar-refractivity contribution is -0.0631. The van der Waals surface area contributed by atoms with Crippen LogP contribution in [-0.2, 0) is 36.9 Å². The predicted octanol–water partition coefficient (Wildman–Crippen LogP) is -1.32. The fourth-order valence-electron chi connectivity index (χ4n) is 5.39. The zero-order chi connectivity index (χ0) is 32.5. The molecule has 0 radical (unpaired) electrons. The maximum absolute atomic E-state index is 15.9. The van der Waals surface area contributed by atoms with Gasteiger partial charge in [-0.1, -0.05) is 0 Å². The van der Waals surface area contributed by atoms with Crippen molar-refractivity contribution in [1.29, 1.82) is 0 Å². The fourth-order valence-corrected chi connectivity index (χ4v) is 7.14. The second-order valence-electron chi connectivity index (χ2n) is 10.5. The summed E-state index contributed by atoms with van der Waals surface area (Å²) in [5.74, 6) is -0.276. The molecule has 7 heterocycles. The number of aliphatic hydroxyl groups is 1. The topological polar surface area (TPSA) is 309 Å². The monoisotopic (exact) mass is 690 g/mol. The summed E-state index contributed by atoms with van der Waals surface area (Å²) in [4.78, 5) is 55.7. The Balaban J connectivity index is 1.20. The lowest BCUT2D eigenvalue weighted by atomic mass is 10.1. The van der Waals surface area contributed by atoms with Crippen LogP contribution in [0, 0.1) is 0 Å². The third-order valence-corrected chi connectivity index (χ3v) is 9.51. The van der Waals surface area contributed by atoms with Gasteiger partial charge >= 0.3 is 15.4 Å². The Kier molecular flexibility index (Phi) is 7.68. The molecule has 4 aromatic heterocycles. The van der Waals surface area contributed by atoms with Gasteiger partial charge in [-0.05, 0) is 0 Å². The number of H-pyrrole nitrogens is 1. The Hall–Kier alpha value is -3.47. The molecule has 3 aliphatic rings. The van der Waals surface area contributed by atoms with Gasteiger partial charge in [0, 0.05) is 0 Å². The van der Waals surface area contributed by atoms with E-state index in [1.54, 1.807) is 0 Å². The first-order chi connectivity index (χ1) is 21.8. The van der Waals surface area contributed by atoms with Crippen molar-refractivity contribution in [2.24, 2.45) is 0 Å². The van der Waals surface area contributed by atoms with Crippen molar-refractivity contribution >= 4 is 49.5 Å². The van der Waals surface area contributed by atoms with Crippen LogP contribution in [0.1, 0.15) is 12.5 Å². The molecule has 3 fully saturated rings. The van der Waals surface area contributed by atoms with E-state index in [4.69, 9.17) is 39.2 Å². The van der Waals surface area contributed by atoms with Gasteiger partial charge in [0.05, 0.1) is 25.9 Å². The summed E-state index contributed by atoms with van der Waals surface area (Å²) in [7, 11) is -9.78. The smallest absolute Gasteiger partial charge is 0.387 e. The summed E-state index contributed by atoms with van der Waals surface area (Å²) < 4.78 is 76.9. The zero-order valence-electron chi connectivity index (χ0n) is 23.0. The van der Waals surface area contributed by atoms with Gasteiger partial charge in [-0.2, -0.15) is 4.98 Å². The van der Waals surface area contributed by atoms with Gasteiger partial charge < -0.3 is 45.1 Å². The number of hydrogen-bond acceptors (Lipinski definition) is 17. The Labute approximate surface area is 254 Å². The van der Waals surface area contributed by atoms with E-state index in [1.807, 2.05) is 0 Å². The summed E-state index contributed by atoms with van der Waals surface area (Å²) >= 11 is 0. The molecule has 7 rings (SSSR count). The molecular weight excluding hydrogens is 665 g/mol. The van der Waals surface area contributed by atoms with Crippen molar-refractivity contribution in [3.8, 4) is 0 Å². The van der Waals surface area contributed by atoms with Crippen molar-refractivity contribution in [3.05, 3.63) is 29.3 Å². The number of imidazole rings is 2. The Morgan fingerprint density at radius 2 is 1.63 bits per heavy atom. The number of nitrogens with two attached hydrogens (primary N) is 2. The zero-order valence-corrected chi connectivity index (χ0v) is 24.8. The molecule has 4 aromatic rings. The van der Waals surface area contributed by atoms with E-state index in [-0.39, 0.29) is 34.1 Å². The number of aliphatic hydroxyl groups excluding tert-OH is 1. The lowest BCUT2D eigenvalue weighted by Crippen LogP contribution is -2.37. The third-order valence-electron chi connectivity index (χ3n) is 7.49. The predicted molar refractivity (Wildman–Crippen MR) is 147 cm³/mol. The lowest BCUT2D eigenvalue weighted by Gasteiger charge is -2.26. The average molecular weight is 690 g/mol. The highest BCUT2D eigenvalue weighted by atomic mass is 31.2. The molecule has 0 aromatic carbocycles. The number of nitrogens with one attached hydrogen (secondary N) is 1. The van der Waals surface area contributed by atoms with Crippen molar-refractivity contribution in [1.82, 2.24) is 39.0 Å². The maximum atomic E-state index is 15.9. The molecule has 46 heavy (non-hydrogen) atoms. The van der Waals surface area contributed by atoms with Gasteiger partial charge in [-0.3, -0.25) is 32.5 Å². The van der Waals surface area contributed by atoms with E-state index in [0.717, 1.165) is 17.2 Å². The van der Waals surface area contributed by atoms with Crippen LogP contribution in [0.5, 0.6) is 0 Å². The number of nitrogens with zero attached hydrogens (tertiary/aromatic N) is 7. The molecular formula is C21H25FN10O12P2. The Morgan fingerprint density at radius 3 is 2.41 bits per heavy atom. The van der Waals surface area contributed by atoms with E-state index in [2.05, 4.69) is 29.9 Å². The number of alkyl halides is 1. The van der Waals surface area contributed by atoms with Crippen molar-refractivity contribution in [2.45, 2.75) is 49.1 Å². The van der Waals surface area contributed by atoms with E-state index in [1.165, 1.54) is 10.9 Å². The van der Waals surface area contributed by atoms with Crippen LogP contribution in [0.15, 0.2) is 23.8 Å². The van der Waals surface area contributed by atoms with Gasteiger partial charge in [0.25, 0.3) is 5.56 Å². The van der Waals surface area contributed by atoms with Crippen LogP contribution in [-0.4, -0.2) is 110 Å². The average Bonchev–Trinajstić information content (AvgIpc) is 3.75. The van der Waals surface area contributed by atoms with Crippen LogP contribution in [0.3, 0.4) is 0 Å². The summed E-state index contributed by atoms with van der Waals surface area (Å²) in [5.41, 5.74) is 10.7. The first-order valence-electron chi connectivity index (χ1n) is 13.3. The Morgan fingerprint density at radius 1 is 0.935 bits per heavy atom. The van der Waals surface area contributed by atoms with Crippen LogP contribution >= 0.6 is 15.4 Å². The van der Waals surface area contributed by atoms with Gasteiger partial charge in [0.2, 0.25) is 5.95 Å². The molecule has 3 aliphatic heterocycles. The van der Waals surface area contributed by atoms with Gasteiger partial charge in [-0.25, -0.2) is 28.9 Å². The standard InChI is InChI=1S/C21H25FN10O12P2/c22-9-13-8(43-19(9)31-4-27-10-15(23)25-3-26-16(10)31)2-41-46(37,38)44-14-12(33)7(1-40-45(35,36)6-39-13)42-20(14)32-5-28-11-17(32)29-21(24)30-18(11)34/h3-5,7-9,12-14,19-20,33H,1-2,6H2,(H,35,36)(H,37,38)(H2,23,25,26)(H3,24,29,30,34)/t7-,8-,9-,12-,13-,14-,19-,20-/m1/s1. The van der Waals surface area contributed by atoms with E-state index >= 15 is 4.39 Å². The molecule has 8 N–H and O–H groups in total. The van der Waals surface area contributed by atoms with Gasteiger partial charge in [0.1, 0.15) is 48.7 Å². The molecule has 3 saturated heterocycles. The summed E-state index contributed by atoms with van der Waals surface area (Å²) in [6.45, 7) is -1.60. The number of ether oxygens (including phenoxy) is 3. The number of rotatable bonds is 2. The van der Waals surface area contributed by atoms with Gasteiger partial charge in [-0.15, -0.1) is 0 Å². The molecule has 22 nitrogen and oxygen atoms in total. The van der Waals surface area contributed by atoms with E-state index < -0.39 is 89.7 Å². The normalized spacial score (nSPS) is 37.4. The third kappa shape index (κ3) is 5.48. The highest BCUT2D eigenvalue weighted by molar-refractivity contribution is 7.52. The number of hydrogen-bond donors (Lipinski definition) is 6. The minimum absolute atomic E-state index is 0.0145. The quantitative estimate of drug-likeness (QED) is 0.133. The highest BCUT2D eigenvalue weighted by Gasteiger charge is 2.53. The molecule has 2 unspecified atom stereocenters. The minimum Gasteiger partial charge on any atom is -0.387 e. The molecule has 25 heteroatoms. The largest absolute Gasteiger partial charge is 0.472 e. The molecule has 0 saturated carbocycles. The first-order valence-corrected chi connectivity index (χ1v) is 16.6. The maximum Gasteiger partial charge on any atom is 0.472 e. The van der Waals surface area contributed by atoms with Crippen LogP contribution in [0.25, 0.3) is 22.3 Å². The van der Waals surface area contributed by atoms with Crippen LogP contribution < -0.4 is 17.0 Å². The fraction of sp³-hybridized carbons (Fsp3) is 0.524. The molecule has 0 aliphatic carbocycles. The summed E-state index contributed by atoms with van der Waals surface area (Å²) in [6, 6.07) is 0. The number of anilines is 2. The highest BCUT2D eigenvalue weighted by Crippen LogP contribution is 2.52. The number of aromatic nitrogens is 8. The van der Waals surface area contributed by atoms with Gasteiger partial charge in [0.15, 0.2) is 41.3 Å². The second-order valence-corrected chi connectivity index (χ2v) is 13.6. The molecule has 248 valence electrons. The first kappa shape index (κ1) is 31.1. The second kappa shape index (κ2) is 11.3. The molecule has 0 spiro atoms. The van der Waals surface area contributed by atoms with Crippen molar-refractivity contribution < 1.29 is 56.2 Å². The number of phosphoric acid groups is 1. The number of aromatic amines is 1. The van der Waals surface area contributed by atoms with E-state index in [0.29, 0.717) is 0 Å². The van der Waals surface area contributed by atoms with Crippen LogP contribution in [0.2, 0.25) is 0 Å². The van der Waals surface area contributed by atoms with Crippen molar-refractivity contribution in [3.63, 3.8) is 0 Å². The molecule has 0 amide bonds. The number of phosphoric ester groups is 1. The number of fused-ring (bicyclic) bond motifs is 5. The molecule has 10 atom stereocenters. The SMILES string of the molecule is Nc1nc2c(ncn2[C@@H]2O[C@@H]3COP(=O)(O)CO[C@H]4[C@@H](F)[C@H](n5cnc6c(N)ncnc65)O[C@@H]4COP(=O)(O)O[C@@H]2[C@@H]3O)c(=O)[nH]1. The van der Waals surface area contributed by atoms with Crippen molar-refractivity contribution in [2.75, 3.05) is 31.0 Å².